The Morgan fingerprint density at radius 3 is 2.60 bits per heavy atom. The Morgan fingerprint density at radius 1 is 1.25 bits per heavy atom. The van der Waals surface area contributed by atoms with Crippen molar-refractivity contribution in [3.05, 3.63) is 34.9 Å². The number of hydrogen-bond donors (Lipinski definition) is 1. The number of nitrogens with zero attached hydrogens (tertiary/aromatic N) is 2. The zero-order valence-corrected chi connectivity index (χ0v) is 12.7. The summed E-state index contributed by atoms with van der Waals surface area (Å²) in [6.45, 7) is 7.31. The number of carbonyl (C=O) groups is 1. The van der Waals surface area contributed by atoms with Gasteiger partial charge in [-0.3, -0.25) is 4.90 Å². The molecule has 20 heavy (non-hydrogen) atoms. The van der Waals surface area contributed by atoms with Gasteiger partial charge in [0.05, 0.1) is 0 Å². The molecular formula is C15H22ClN3O. The monoisotopic (exact) mass is 295 g/mol. The van der Waals surface area contributed by atoms with E-state index in [1.165, 1.54) is 6.42 Å². The van der Waals surface area contributed by atoms with Crippen LogP contribution >= 0.6 is 11.6 Å². The van der Waals surface area contributed by atoms with Gasteiger partial charge in [0.15, 0.2) is 0 Å². The Bertz CT molecular complexity index is 444. The second-order valence-corrected chi connectivity index (χ2v) is 5.49. The lowest BCUT2D eigenvalue weighted by atomic mass is 10.2. The minimum atomic E-state index is 0.000989. The molecule has 0 bridgehead atoms. The first-order valence-corrected chi connectivity index (χ1v) is 7.57. The van der Waals surface area contributed by atoms with Crippen molar-refractivity contribution < 1.29 is 4.79 Å². The van der Waals surface area contributed by atoms with E-state index >= 15 is 0 Å². The van der Waals surface area contributed by atoms with Crippen LogP contribution in [0.4, 0.5) is 4.79 Å². The fourth-order valence-electron chi connectivity index (χ4n) is 2.42. The second-order valence-electron chi connectivity index (χ2n) is 5.08. The Labute approximate surface area is 125 Å². The first kappa shape index (κ1) is 15.1. The average molecular weight is 296 g/mol. The van der Waals surface area contributed by atoms with Gasteiger partial charge in [-0.2, -0.15) is 0 Å². The molecule has 0 aromatic heterocycles. The molecule has 2 rings (SSSR count). The SMILES string of the molecule is CCCN1CCN(C(=O)NCc2ccccc2Cl)CC1. The molecule has 1 N–H and O–H groups in total. The van der Waals surface area contributed by atoms with Crippen LogP contribution in [-0.2, 0) is 6.54 Å². The van der Waals surface area contributed by atoms with Crippen molar-refractivity contribution in [3.63, 3.8) is 0 Å². The third-order valence-corrected chi connectivity index (χ3v) is 3.96. The van der Waals surface area contributed by atoms with Crippen LogP contribution in [0.3, 0.4) is 0 Å². The van der Waals surface area contributed by atoms with E-state index in [0.29, 0.717) is 11.6 Å². The number of urea groups is 1. The van der Waals surface area contributed by atoms with Crippen LogP contribution in [0.15, 0.2) is 24.3 Å². The highest BCUT2D eigenvalue weighted by Crippen LogP contribution is 2.14. The minimum Gasteiger partial charge on any atom is -0.334 e. The molecule has 0 aliphatic carbocycles. The maximum atomic E-state index is 12.1. The molecule has 0 saturated carbocycles. The standard InChI is InChI=1S/C15H22ClN3O/c1-2-7-18-8-10-19(11-9-18)15(20)17-12-13-5-3-4-6-14(13)16/h3-6H,2,7-12H2,1H3,(H,17,20). The highest BCUT2D eigenvalue weighted by atomic mass is 35.5. The highest BCUT2D eigenvalue weighted by Gasteiger charge is 2.20. The van der Waals surface area contributed by atoms with Gasteiger partial charge in [0.25, 0.3) is 0 Å². The molecule has 1 aromatic rings. The van der Waals surface area contributed by atoms with Crippen molar-refractivity contribution in [1.82, 2.24) is 15.1 Å². The molecule has 2 amide bonds. The van der Waals surface area contributed by atoms with E-state index in [2.05, 4.69) is 17.1 Å². The first-order chi connectivity index (χ1) is 9.70. The summed E-state index contributed by atoms with van der Waals surface area (Å²) in [5, 5.41) is 3.64. The topological polar surface area (TPSA) is 35.6 Å². The third-order valence-electron chi connectivity index (χ3n) is 3.59. The predicted molar refractivity (Wildman–Crippen MR) is 82.0 cm³/mol. The van der Waals surface area contributed by atoms with Gasteiger partial charge >= 0.3 is 6.03 Å². The van der Waals surface area contributed by atoms with Gasteiger partial charge in [-0.15, -0.1) is 0 Å². The maximum absolute atomic E-state index is 12.1. The van der Waals surface area contributed by atoms with Gasteiger partial charge < -0.3 is 10.2 Å². The summed E-state index contributed by atoms with van der Waals surface area (Å²) in [4.78, 5) is 16.4. The van der Waals surface area contributed by atoms with E-state index in [1.54, 1.807) is 0 Å². The number of benzene rings is 1. The van der Waals surface area contributed by atoms with Gasteiger partial charge in [0.1, 0.15) is 0 Å². The third kappa shape index (κ3) is 4.12. The molecule has 5 heteroatoms. The largest absolute Gasteiger partial charge is 0.334 e. The molecule has 1 aromatic carbocycles. The van der Waals surface area contributed by atoms with E-state index < -0.39 is 0 Å². The molecule has 1 saturated heterocycles. The lowest BCUT2D eigenvalue weighted by molar-refractivity contribution is 0.139. The molecule has 0 spiro atoms. The Morgan fingerprint density at radius 2 is 1.95 bits per heavy atom. The van der Waals surface area contributed by atoms with E-state index in [9.17, 15) is 4.79 Å². The number of rotatable bonds is 4. The van der Waals surface area contributed by atoms with Crippen LogP contribution in [0.5, 0.6) is 0 Å². The van der Waals surface area contributed by atoms with Gasteiger partial charge in [-0.1, -0.05) is 36.7 Å². The van der Waals surface area contributed by atoms with Crippen molar-refractivity contribution >= 4 is 17.6 Å². The van der Waals surface area contributed by atoms with Crippen LogP contribution in [0.1, 0.15) is 18.9 Å². The zero-order valence-electron chi connectivity index (χ0n) is 11.9. The molecule has 1 heterocycles. The summed E-state index contributed by atoms with van der Waals surface area (Å²) < 4.78 is 0. The Balaban J connectivity index is 1.77. The second kappa shape index (κ2) is 7.50. The van der Waals surface area contributed by atoms with E-state index in [0.717, 1.165) is 38.3 Å². The lowest BCUT2D eigenvalue weighted by Gasteiger charge is -2.34. The van der Waals surface area contributed by atoms with Crippen molar-refractivity contribution in [3.8, 4) is 0 Å². The van der Waals surface area contributed by atoms with Crippen molar-refractivity contribution in [2.24, 2.45) is 0 Å². The number of amides is 2. The fraction of sp³-hybridized carbons (Fsp3) is 0.533. The molecule has 0 radical (unpaired) electrons. The molecular weight excluding hydrogens is 274 g/mol. The summed E-state index contributed by atoms with van der Waals surface area (Å²) in [7, 11) is 0. The summed E-state index contributed by atoms with van der Waals surface area (Å²) >= 11 is 6.08. The summed E-state index contributed by atoms with van der Waals surface area (Å²) in [5.74, 6) is 0. The molecule has 0 atom stereocenters. The summed E-state index contributed by atoms with van der Waals surface area (Å²) in [5.41, 5.74) is 0.951. The molecule has 1 aliphatic rings. The van der Waals surface area contributed by atoms with Crippen LogP contribution in [0.2, 0.25) is 5.02 Å². The van der Waals surface area contributed by atoms with E-state index in [4.69, 9.17) is 11.6 Å². The maximum Gasteiger partial charge on any atom is 0.317 e. The minimum absolute atomic E-state index is 0.000989. The summed E-state index contributed by atoms with van der Waals surface area (Å²) in [6, 6.07) is 7.59. The number of halogens is 1. The quantitative estimate of drug-likeness (QED) is 0.927. The van der Waals surface area contributed by atoms with Gasteiger partial charge in [-0.05, 0) is 24.6 Å². The van der Waals surface area contributed by atoms with Gasteiger partial charge in [0.2, 0.25) is 0 Å². The molecule has 1 aliphatic heterocycles. The van der Waals surface area contributed by atoms with Crippen molar-refractivity contribution in [1.29, 1.82) is 0 Å². The normalized spacial score (nSPS) is 16.2. The van der Waals surface area contributed by atoms with Gasteiger partial charge in [-0.25, -0.2) is 4.79 Å². The predicted octanol–water partition coefficient (Wildman–Crippen LogP) is 2.58. The first-order valence-electron chi connectivity index (χ1n) is 7.19. The fourth-order valence-corrected chi connectivity index (χ4v) is 2.62. The van der Waals surface area contributed by atoms with Crippen LogP contribution < -0.4 is 5.32 Å². The smallest absolute Gasteiger partial charge is 0.317 e. The molecule has 0 unspecified atom stereocenters. The zero-order chi connectivity index (χ0) is 14.4. The molecule has 110 valence electrons. The summed E-state index contributed by atoms with van der Waals surface area (Å²) in [6.07, 6.45) is 1.17. The molecule has 1 fully saturated rings. The number of carbonyl (C=O) groups excluding carboxylic acids is 1. The lowest BCUT2D eigenvalue weighted by Crippen LogP contribution is -2.51. The number of piperazine rings is 1. The van der Waals surface area contributed by atoms with Crippen LogP contribution in [-0.4, -0.2) is 48.6 Å². The van der Waals surface area contributed by atoms with E-state index in [1.807, 2.05) is 29.2 Å². The number of nitrogens with one attached hydrogen (secondary N) is 1. The number of hydrogen-bond acceptors (Lipinski definition) is 2. The Hall–Kier alpha value is -1.26. The van der Waals surface area contributed by atoms with Crippen molar-refractivity contribution in [2.45, 2.75) is 19.9 Å². The molecule has 4 nitrogen and oxygen atoms in total. The van der Waals surface area contributed by atoms with Crippen LogP contribution in [0.25, 0.3) is 0 Å². The van der Waals surface area contributed by atoms with Crippen molar-refractivity contribution in [2.75, 3.05) is 32.7 Å². The highest BCUT2D eigenvalue weighted by molar-refractivity contribution is 6.31. The van der Waals surface area contributed by atoms with Gasteiger partial charge in [0, 0.05) is 37.7 Å². The van der Waals surface area contributed by atoms with E-state index in [-0.39, 0.29) is 6.03 Å². The Kier molecular flexibility index (Phi) is 5.68. The average Bonchev–Trinajstić information content (AvgIpc) is 2.47. The van der Waals surface area contributed by atoms with Crippen LogP contribution in [0, 0.1) is 0 Å².